The molecular weight excluding hydrogens is 462 g/mol. The van der Waals surface area contributed by atoms with Gasteiger partial charge in [-0.1, -0.05) is 0 Å². The van der Waals surface area contributed by atoms with Gasteiger partial charge in [0, 0.05) is 12.6 Å². The van der Waals surface area contributed by atoms with Gasteiger partial charge in [-0.3, -0.25) is 0 Å². The van der Waals surface area contributed by atoms with E-state index >= 15 is 0 Å². The normalized spacial score (nSPS) is 25.4. The van der Waals surface area contributed by atoms with Crippen LogP contribution in [-0.4, -0.2) is 94.3 Å². The van der Waals surface area contributed by atoms with Crippen molar-refractivity contribution in [2.45, 2.75) is 75.9 Å². The molecule has 7 nitrogen and oxygen atoms in total. The Bertz CT molecular complexity index is 571. The first kappa shape index (κ1) is 29.4. The van der Waals surface area contributed by atoms with Crippen molar-refractivity contribution in [3.05, 3.63) is 0 Å². The zero-order valence-electron chi connectivity index (χ0n) is 18.2. The van der Waals surface area contributed by atoms with Crippen LogP contribution in [0.2, 0.25) is 0 Å². The van der Waals surface area contributed by atoms with Gasteiger partial charge in [0.05, 0.1) is 6.10 Å². The molecule has 0 amide bonds. The molecule has 194 valence electrons. The van der Waals surface area contributed by atoms with Crippen LogP contribution in [0.3, 0.4) is 0 Å². The average molecular weight is 494 g/mol. The van der Waals surface area contributed by atoms with E-state index in [-0.39, 0.29) is 6.10 Å². The number of carboxylic acids is 2. The van der Waals surface area contributed by atoms with Crippen LogP contribution in [-0.2, 0) is 9.59 Å². The molecule has 0 unspecified atom stereocenters. The number of halogens is 6. The first-order valence-corrected chi connectivity index (χ1v) is 10.9. The van der Waals surface area contributed by atoms with Crippen LogP contribution < -0.4 is 0 Å². The molecule has 3 aliphatic rings. The summed E-state index contributed by atoms with van der Waals surface area (Å²) >= 11 is 0. The van der Waals surface area contributed by atoms with Gasteiger partial charge in [0.15, 0.2) is 0 Å². The average Bonchev–Trinajstić information content (AvgIpc) is 3.25. The van der Waals surface area contributed by atoms with E-state index in [0.29, 0.717) is 0 Å². The quantitative estimate of drug-likeness (QED) is 0.518. The number of hydrogen-bond donors (Lipinski definition) is 3. The number of alkyl halides is 6. The van der Waals surface area contributed by atoms with Gasteiger partial charge >= 0.3 is 24.3 Å². The van der Waals surface area contributed by atoms with Gasteiger partial charge in [-0.05, 0) is 83.5 Å². The summed E-state index contributed by atoms with van der Waals surface area (Å²) < 4.78 is 63.5. The topological polar surface area (TPSA) is 101 Å². The number of aliphatic hydroxyl groups excluding tert-OH is 1. The number of carboxylic acid groups (broad SMARTS) is 2. The highest BCUT2D eigenvalue weighted by atomic mass is 19.4. The molecule has 0 radical (unpaired) electrons. The van der Waals surface area contributed by atoms with Gasteiger partial charge < -0.3 is 25.1 Å². The van der Waals surface area contributed by atoms with Crippen LogP contribution in [0.4, 0.5) is 26.3 Å². The Morgan fingerprint density at radius 1 is 0.727 bits per heavy atom. The van der Waals surface area contributed by atoms with Crippen molar-refractivity contribution in [1.29, 1.82) is 0 Å². The van der Waals surface area contributed by atoms with E-state index in [4.69, 9.17) is 19.8 Å². The van der Waals surface area contributed by atoms with Crippen LogP contribution in [0.1, 0.15) is 51.4 Å². The summed E-state index contributed by atoms with van der Waals surface area (Å²) in [5, 5.41) is 23.8. The van der Waals surface area contributed by atoms with Crippen LogP contribution in [0.25, 0.3) is 0 Å². The van der Waals surface area contributed by atoms with E-state index in [9.17, 15) is 31.4 Å². The minimum Gasteiger partial charge on any atom is -0.475 e. The lowest BCUT2D eigenvalue weighted by Crippen LogP contribution is -2.45. The van der Waals surface area contributed by atoms with Crippen LogP contribution in [0.15, 0.2) is 0 Å². The predicted octanol–water partition coefficient (Wildman–Crippen LogP) is 3.36. The summed E-state index contributed by atoms with van der Waals surface area (Å²) in [6, 6.07) is 0.881. The van der Waals surface area contributed by atoms with Crippen molar-refractivity contribution in [2.75, 3.05) is 32.7 Å². The van der Waals surface area contributed by atoms with Gasteiger partial charge in [0.25, 0.3) is 0 Å². The summed E-state index contributed by atoms with van der Waals surface area (Å²) in [7, 11) is 0. The van der Waals surface area contributed by atoms with Crippen molar-refractivity contribution >= 4 is 11.9 Å². The molecule has 0 atom stereocenters. The molecular formula is C20H32F6N2O5. The van der Waals surface area contributed by atoms with Crippen LogP contribution >= 0.6 is 0 Å². The molecule has 13 heteroatoms. The molecule has 33 heavy (non-hydrogen) atoms. The van der Waals surface area contributed by atoms with E-state index in [1.165, 1.54) is 71.2 Å². The number of aliphatic hydroxyl groups is 1. The summed E-state index contributed by atoms with van der Waals surface area (Å²) in [5.74, 6) is -4.66. The summed E-state index contributed by atoms with van der Waals surface area (Å²) in [5.41, 5.74) is 0. The molecule has 2 heterocycles. The molecule has 0 bridgehead atoms. The molecule has 0 aromatic carbocycles. The molecule has 0 spiro atoms. The van der Waals surface area contributed by atoms with Crippen LogP contribution in [0.5, 0.6) is 0 Å². The molecule has 2 aliphatic heterocycles. The lowest BCUT2D eigenvalue weighted by atomic mass is 9.86. The molecule has 1 saturated carbocycles. The lowest BCUT2D eigenvalue weighted by Gasteiger charge is -2.38. The maximum absolute atomic E-state index is 10.6. The number of hydrogen-bond acceptors (Lipinski definition) is 5. The highest BCUT2D eigenvalue weighted by molar-refractivity contribution is 5.73. The molecule has 0 aromatic heterocycles. The zero-order valence-corrected chi connectivity index (χ0v) is 18.2. The van der Waals surface area contributed by atoms with Gasteiger partial charge in [-0.25, -0.2) is 9.59 Å². The number of aliphatic carboxylic acids is 2. The van der Waals surface area contributed by atoms with E-state index in [1.54, 1.807) is 0 Å². The Hall–Kier alpha value is -1.60. The second-order valence-electron chi connectivity index (χ2n) is 8.56. The van der Waals surface area contributed by atoms with Gasteiger partial charge in [-0.15, -0.1) is 0 Å². The number of likely N-dealkylation sites (tertiary alicyclic amines) is 2. The van der Waals surface area contributed by atoms with E-state index < -0.39 is 24.3 Å². The Morgan fingerprint density at radius 2 is 1.12 bits per heavy atom. The van der Waals surface area contributed by atoms with E-state index in [1.807, 2.05) is 0 Å². The van der Waals surface area contributed by atoms with Gasteiger partial charge in [0.2, 0.25) is 0 Å². The summed E-state index contributed by atoms with van der Waals surface area (Å²) in [4.78, 5) is 23.2. The van der Waals surface area contributed by atoms with Crippen LogP contribution in [0, 0.1) is 5.92 Å². The molecule has 3 fully saturated rings. The van der Waals surface area contributed by atoms with Crippen molar-refractivity contribution in [1.82, 2.24) is 9.80 Å². The Morgan fingerprint density at radius 3 is 1.48 bits per heavy atom. The Labute approximate surface area is 188 Å². The minimum atomic E-state index is -5.08. The third-order valence-electron chi connectivity index (χ3n) is 6.03. The van der Waals surface area contributed by atoms with Crippen molar-refractivity contribution in [2.24, 2.45) is 5.92 Å². The molecule has 2 saturated heterocycles. The van der Waals surface area contributed by atoms with Crippen molar-refractivity contribution in [3.63, 3.8) is 0 Å². The Balaban J connectivity index is 0.000000324. The number of rotatable bonds is 3. The summed E-state index contributed by atoms with van der Waals surface area (Å²) in [6.07, 6.45) is 0.00151. The SMILES string of the molecule is O=C(O)C(F)(F)F.O=C(O)C(F)(F)F.OC1CCC(CN2CCC(N3CCCC3)CC2)CC1. The second kappa shape index (κ2) is 13.3. The van der Waals surface area contributed by atoms with Gasteiger partial charge in [0.1, 0.15) is 0 Å². The zero-order chi connectivity index (χ0) is 25.2. The van der Waals surface area contributed by atoms with Crippen molar-refractivity contribution < 1.29 is 51.3 Å². The van der Waals surface area contributed by atoms with Gasteiger partial charge in [-0.2, -0.15) is 26.3 Å². The monoisotopic (exact) mass is 494 g/mol. The number of nitrogens with zero attached hydrogens (tertiary/aromatic N) is 2. The largest absolute Gasteiger partial charge is 0.490 e. The lowest BCUT2D eigenvalue weighted by molar-refractivity contribution is -0.193. The fourth-order valence-corrected chi connectivity index (χ4v) is 4.27. The number of carbonyl (C=O) groups is 2. The third kappa shape index (κ3) is 11.9. The molecule has 0 aromatic rings. The molecule has 3 rings (SSSR count). The second-order valence-corrected chi connectivity index (χ2v) is 8.56. The maximum atomic E-state index is 10.6. The Kier molecular flexibility index (Phi) is 11.9. The summed E-state index contributed by atoms with van der Waals surface area (Å²) in [6.45, 7) is 6.61. The number of piperidine rings is 1. The smallest absolute Gasteiger partial charge is 0.475 e. The molecule has 1 aliphatic carbocycles. The van der Waals surface area contributed by atoms with E-state index in [2.05, 4.69) is 9.80 Å². The van der Waals surface area contributed by atoms with Crippen molar-refractivity contribution in [3.8, 4) is 0 Å². The molecule has 3 N–H and O–H groups in total. The highest BCUT2D eigenvalue weighted by Crippen LogP contribution is 2.27. The minimum absolute atomic E-state index is 0.00264. The first-order chi connectivity index (χ1) is 15.2. The highest BCUT2D eigenvalue weighted by Gasteiger charge is 2.39. The third-order valence-corrected chi connectivity index (χ3v) is 6.03. The predicted molar refractivity (Wildman–Crippen MR) is 106 cm³/mol. The maximum Gasteiger partial charge on any atom is 0.490 e. The van der Waals surface area contributed by atoms with E-state index in [0.717, 1.165) is 24.8 Å². The fourth-order valence-electron chi connectivity index (χ4n) is 4.27. The fraction of sp³-hybridized carbons (Fsp3) is 0.900. The first-order valence-electron chi connectivity index (χ1n) is 10.9. The standard InChI is InChI=1S/C16H30N2O.2C2HF3O2/c19-16-5-3-14(4-6-16)13-17-11-7-15(8-12-17)18-9-1-2-10-18;2*3-2(4,5)1(6)7/h14-16,19H,1-13H2;2*(H,6,7).